The van der Waals surface area contributed by atoms with Gasteiger partial charge in [0.05, 0.1) is 27.2 Å². The molecule has 36 heavy (non-hydrogen) atoms. The summed E-state index contributed by atoms with van der Waals surface area (Å²) in [7, 11) is 4.00. The molecular weight excluding hydrogens is 454 g/mol. The minimum atomic E-state index is -1.55. The van der Waals surface area contributed by atoms with E-state index in [0.29, 0.717) is 4.48 Å². The van der Waals surface area contributed by atoms with E-state index in [-0.39, 0.29) is 6.54 Å². The van der Waals surface area contributed by atoms with Gasteiger partial charge in [0.1, 0.15) is 31.0 Å². The Morgan fingerprint density at radius 1 is 0.472 bits per heavy atom. The van der Waals surface area contributed by atoms with Crippen LogP contribution in [0, 0.1) is 0 Å². The Morgan fingerprint density at radius 3 is 1.11 bits per heavy atom. The van der Waals surface area contributed by atoms with Crippen molar-refractivity contribution in [3.63, 3.8) is 0 Å². The first-order chi connectivity index (χ1) is 17.2. The molecule has 0 unspecified atom stereocenters. The smallest absolute Gasteiger partial charge is 0.131 e. The van der Waals surface area contributed by atoms with Gasteiger partial charge in [0.25, 0.3) is 0 Å². The van der Waals surface area contributed by atoms with E-state index in [1.165, 1.54) is 122 Å². The quantitative estimate of drug-likeness (QED) is 0.0748. The van der Waals surface area contributed by atoms with Gasteiger partial charge in [0.15, 0.2) is 0 Å². The first-order valence-corrected chi connectivity index (χ1v) is 15.4. The summed E-state index contributed by atoms with van der Waals surface area (Å²) < 4.78 is 0.541. The molecule has 0 saturated heterocycles. The molecule has 0 rings (SSSR count). The first-order valence-electron chi connectivity index (χ1n) is 15.4. The molecule has 0 aromatic rings. The topological polar surface area (TPSA) is 101 Å². The Kier molecular flexibility index (Phi) is 23.7. The van der Waals surface area contributed by atoms with Crippen molar-refractivity contribution < 1.29 is 30.0 Å². The van der Waals surface area contributed by atoms with Crippen molar-refractivity contribution in [1.29, 1.82) is 0 Å². The van der Waals surface area contributed by atoms with E-state index in [1.54, 1.807) is 0 Å². The molecule has 0 amide bonds. The maximum absolute atomic E-state index is 10.2. The third-order valence-corrected chi connectivity index (χ3v) is 7.62. The highest BCUT2D eigenvalue weighted by atomic mass is 16.4. The Morgan fingerprint density at radius 2 is 0.778 bits per heavy atom. The highest BCUT2D eigenvalue weighted by molar-refractivity contribution is 4.80. The normalized spacial score (nSPS) is 15.7. The summed E-state index contributed by atoms with van der Waals surface area (Å²) in [5.74, 6) is 0. The van der Waals surface area contributed by atoms with Crippen molar-refractivity contribution in [2.45, 2.75) is 160 Å². The molecule has 5 N–H and O–H groups in total. The maximum Gasteiger partial charge on any atom is 0.131 e. The molecule has 4 atom stereocenters. The summed E-state index contributed by atoms with van der Waals surface area (Å²) in [4.78, 5) is 0. The number of quaternary nitrogens is 1. The van der Waals surface area contributed by atoms with Gasteiger partial charge < -0.3 is 30.0 Å². The molecule has 0 aliphatic rings. The predicted octanol–water partition coefficient (Wildman–Crippen LogP) is 5.32. The lowest BCUT2D eigenvalue weighted by Gasteiger charge is -2.34. The number of nitrogens with zero attached hydrogens (tertiary/aromatic N) is 1. The zero-order valence-corrected chi connectivity index (χ0v) is 24.3. The van der Waals surface area contributed by atoms with Crippen LogP contribution in [0.2, 0.25) is 0 Å². The lowest BCUT2D eigenvalue weighted by atomic mass is 10.0. The summed E-state index contributed by atoms with van der Waals surface area (Å²) in [5, 5.41) is 48.3. The van der Waals surface area contributed by atoms with Crippen LogP contribution in [-0.4, -0.2) is 88.2 Å². The second kappa shape index (κ2) is 23.8. The predicted molar refractivity (Wildman–Crippen MR) is 151 cm³/mol. The molecule has 6 heteroatoms. The monoisotopic (exact) mass is 518 g/mol. The van der Waals surface area contributed by atoms with Crippen LogP contribution < -0.4 is 0 Å². The standard InChI is InChI=1S/C30H64NO5/c1-4-5-6-7-8-9-10-11-12-13-14-15-16-17-18-19-20-21-22-23-24-31(2,3)25-27(33)29(35)30(36)28(34)26-32/h27-30,32-36H,4-26H2,1-3H3/q+1/t27-,28+,29-,30-/m0/s1. The van der Waals surface area contributed by atoms with Crippen LogP contribution in [0.5, 0.6) is 0 Å². The van der Waals surface area contributed by atoms with Crippen molar-refractivity contribution in [2.24, 2.45) is 0 Å². The molecule has 0 saturated carbocycles. The lowest BCUT2D eigenvalue weighted by Crippen LogP contribution is -2.54. The van der Waals surface area contributed by atoms with E-state index >= 15 is 0 Å². The molecule has 0 aliphatic heterocycles. The van der Waals surface area contributed by atoms with Crippen LogP contribution in [0.4, 0.5) is 0 Å². The third-order valence-electron chi connectivity index (χ3n) is 7.62. The fraction of sp³-hybridized carbons (Fsp3) is 1.00. The molecule has 6 nitrogen and oxygen atoms in total. The van der Waals surface area contributed by atoms with Gasteiger partial charge in [-0.3, -0.25) is 0 Å². The van der Waals surface area contributed by atoms with E-state index in [1.807, 2.05) is 14.1 Å². The lowest BCUT2D eigenvalue weighted by molar-refractivity contribution is -0.894. The van der Waals surface area contributed by atoms with Crippen molar-refractivity contribution in [3.05, 3.63) is 0 Å². The fourth-order valence-corrected chi connectivity index (χ4v) is 5.06. The van der Waals surface area contributed by atoms with Crippen LogP contribution in [0.3, 0.4) is 0 Å². The summed E-state index contributed by atoms with van der Waals surface area (Å²) in [6.07, 6.45) is 21.6. The van der Waals surface area contributed by atoms with E-state index < -0.39 is 31.0 Å². The first kappa shape index (κ1) is 35.8. The van der Waals surface area contributed by atoms with Gasteiger partial charge in [-0.15, -0.1) is 0 Å². The van der Waals surface area contributed by atoms with E-state index in [9.17, 15) is 20.4 Å². The van der Waals surface area contributed by atoms with E-state index in [4.69, 9.17) is 5.11 Å². The molecule has 0 spiro atoms. The van der Waals surface area contributed by atoms with Crippen molar-refractivity contribution in [2.75, 3.05) is 33.8 Å². The Hall–Kier alpha value is -0.240. The van der Waals surface area contributed by atoms with Gasteiger partial charge in [0.2, 0.25) is 0 Å². The van der Waals surface area contributed by atoms with Crippen LogP contribution in [0.15, 0.2) is 0 Å². The average molecular weight is 519 g/mol. The number of hydrogen-bond acceptors (Lipinski definition) is 5. The van der Waals surface area contributed by atoms with Gasteiger partial charge in [-0.25, -0.2) is 0 Å². The Labute approximate surface area is 223 Å². The molecule has 0 aromatic carbocycles. The Bertz CT molecular complexity index is 463. The summed E-state index contributed by atoms with van der Waals surface area (Å²) in [5.41, 5.74) is 0. The van der Waals surface area contributed by atoms with Gasteiger partial charge in [0, 0.05) is 0 Å². The highest BCUT2D eigenvalue weighted by Gasteiger charge is 2.33. The molecule has 0 fully saturated rings. The fourth-order valence-electron chi connectivity index (χ4n) is 5.06. The van der Waals surface area contributed by atoms with Gasteiger partial charge in [-0.2, -0.15) is 0 Å². The maximum atomic E-state index is 10.2. The Balaban J connectivity index is 3.49. The number of aliphatic hydroxyl groups is 5. The van der Waals surface area contributed by atoms with Crippen LogP contribution >= 0.6 is 0 Å². The molecule has 0 bridgehead atoms. The van der Waals surface area contributed by atoms with Crippen molar-refractivity contribution in [3.8, 4) is 0 Å². The number of aliphatic hydroxyl groups excluding tert-OH is 5. The SMILES string of the molecule is CCCCCCCCCCCCCCCCCCCCCC[N+](C)(C)C[C@H](O)[C@H](O)[C@@H](O)[C@H](O)CO. The van der Waals surface area contributed by atoms with Gasteiger partial charge >= 0.3 is 0 Å². The molecule has 0 aromatic heterocycles. The molecular formula is C30H64NO5+. The average Bonchev–Trinajstić information content (AvgIpc) is 2.85. The molecule has 0 radical (unpaired) electrons. The number of likely N-dealkylation sites (N-methyl/N-ethyl adjacent to an activating group) is 1. The summed E-state index contributed by atoms with van der Waals surface area (Å²) >= 11 is 0. The molecule has 0 aliphatic carbocycles. The molecule has 218 valence electrons. The highest BCUT2D eigenvalue weighted by Crippen LogP contribution is 2.16. The van der Waals surface area contributed by atoms with E-state index in [0.717, 1.165) is 13.0 Å². The van der Waals surface area contributed by atoms with Crippen LogP contribution in [-0.2, 0) is 0 Å². The number of hydrogen-bond donors (Lipinski definition) is 5. The minimum absolute atomic E-state index is 0.287. The third kappa shape index (κ3) is 20.8. The number of unbranched alkanes of at least 4 members (excludes halogenated alkanes) is 19. The van der Waals surface area contributed by atoms with Crippen molar-refractivity contribution in [1.82, 2.24) is 0 Å². The zero-order valence-electron chi connectivity index (χ0n) is 24.3. The second-order valence-electron chi connectivity index (χ2n) is 11.9. The summed E-state index contributed by atoms with van der Waals surface area (Å²) in [6, 6.07) is 0. The van der Waals surface area contributed by atoms with Gasteiger partial charge in [-0.1, -0.05) is 122 Å². The largest absolute Gasteiger partial charge is 0.394 e. The van der Waals surface area contributed by atoms with Gasteiger partial charge in [-0.05, 0) is 12.8 Å². The molecule has 0 heterocycles. The second-order valence-corrected chi connectivity index (χ2v) is 11.9. The van der Waals surface area contributed by atoms with E-state index in [2.05, 4.69) is 6.92 Å². The van der Waals surface area contributed by atoms with Crippen LogP contribution in [0.1, 0.15) is 135 Å². The zero-order chi connectivity index (χ0) is 27.1. The number of rotatable bonds is 27. The van der Waals surface area contributed by atoms with Crippen LogP contribution in [0.25, 0.3) is 0 Å². The minimum Gasteiger partial charge on any atom is -0.394 e. The summed E-state index contributed by atoms with van der Waals surface area (Å²) in [6.45, 7) is 2.81. The van der Waals surface area contributed by atoms with Crippen molar-refractivity contribution >= 4 is 0 Å².